The lowest BCUT2D eigenvalue weighted by Gasteiger charge is -2.17. The Morgan fingerprint density at radius 3 is 2.62 bits per heavy atom. The third-order valence-corrected chi connectivity index (χ3v) is 4.25. The minimum Gasteiger partial charge on any atom is -0.326 e. The fourth-order valence-corrected chi connectivity index (χ4v) is 2.83. The van der Waals surface area contributed by atoms with Crippen molar-refractivity contribution in [1.82, 2.24) is 0 Å². The van der Waals surface area contributed by atoms with E-state index in [0.717, 1.165) is 17.7 Å². The molecule has 2 amide bonds. The van der Waals surface area contributed by atoms with E-state index in [-0.39, 0.29) is 24.6 Å². The Bertz CT molecular complexity index is 883. The molecule has 1 aliphatic heterocycles. The topological polar surface area (TPSA) is 92.6 Å². The molecule has 0 bridgehead atoms. The van der Waals surface area contributed by atoms with Crippen LogP contribution in [-0.4, -0.2) is 23.3 Å². The molecule has 0 spiro atoms. The summed E-state index contributed by atoms with van der Waals surface area (Å²) in [6, 6.07) is 10.5. The molecule has 1 saturated heterocycles. The fraction of sp³-hybridized carbons (Fsp3) is 0.222. The van der Waals surface area contributed by atoms with Crippen molar-refractivity contribution in [2.24, 2.45) is 5.92 Å². The second-order valence-corrected chi connectivity index (χ2v) is 6.15. The number of carbonyl (C=O) groups excluding carboxylic acids is 2. The van der Waals surface area contributed by atoms with E-state index in [1.165, 1.54) is 11.0 Å². The number of hydrogen-bond donors (Lipinski definition) is 1. The number of anilines is 2. The van der Waals surface area contributed by atoms with Crippen molar-refractivity contribution >= 4 is 28.9 Å². The Kier molecular flexibility index (Phi) is 4.66. The van der Waals surface area contributed by atoms with Gasteiger partial charge >= 0.3 is 5.69 Å². The van der Waals surface area contributed by atoms with E-state index in [2.05, 4.69) is 5.32 Å². The van der Waals surface area contributed by atoms with E-state index < -0.39 is 28.3 Å². The summed E-state index contributed by atoms with van der Waals surface area (Å²) in [5, 5.41) is 13.3. The van der Waals surface area contributed by atoms with Crippen molar-refractivity contribution in [3.8, 4) is 0 Å². The lowest BCUT2D eigenvalue weighted by Crippen LogP contribution is -2.28. The quantitative estimate of drug-likeness (QED) is 0.672. The summed E-state index contributed by atoms with van der Waals surface area (Å²) in [6.07, 6.45) is 0.0446. The van der Waals surface area contributed by atoms with Crippen molar-refractivity contribution in [1.29, 1.82) is 0 Å². The second kappa shape index (κ2) is 6.91. The van der Waals surface area contributed by atoms with Crippen molar-refractivity contribution < 1.29 is 18.9 Å². The summed E-state index contributed by atoms with van der Waals surface area (Å²) in [6.45, 7) is 2.16. The number of nitrogens with zero attached hydrogens (tertiary/aromatic N) is 2. The molecule has 3 rings (SSSR count). The normalized spacial score (nSPS) is 16.6. The van der Waals surface area contributed by atoms with Gasteiger partial charge in [-0.2, -0.15) is 4.39 Å². The van der Waals surface area contributed by atoms with E-state index >= 15 is 0 Å². The van der Waals surface area contributed by atoms with Gasteiger partial charge in [0.05, 0.1) is 10.8 Å². The number of nitrogens with one attached hydrogen (secondary N) is 1. The SMILES string of the molecule is Cc1ccc(N2C[C@@H](C(=O)Nc3ccc(F)c([N+](=O)[O-])c3)CC2=O)cc1. The highest BCUT2D eigenvalue weighted by atomic mass is 19.1. The van der Waals surface area contributed by atoms with Gasteiger partial charge < -0.3 is 10.2 Å². The molecule has 2 aromatic carbocycles. The van der Waals surface area contributed by atoms with Crippen LogP contribution >= 0.6 is 0 Å². The Hall–Kier alpha value is -3.29. The zero-order valence-electron chi connectivity index (χ0n) is 13.9. The van der Waals surface area contributed by atoms with Crippen LogP contribution in [0.4, 0.5) is 21.5 Å². The van der Waals surface area contributed by atoms with E-state index in [0.29, 0.717) is 5.69 Å². The van der Waals surface area contributed by atoms with E-state index in [1.807, 2.05) is 31.2 Å². The van der Waals surface area contributed by atoms with Gasteiger partial charge in [-0.15, -0.1) is 0 Å². The van der Waals surface area contributed by atoms with Gasteiger partial charge in [-0.3, -0.25) is 19.7 Å². The summed E-state index contributed by atoms with van der Waals surface area (Å²) in [4.78, 5) is 36.1. The van der Waals surface area contributed by atoms with Crippen LogP contribution in [0, 0.1) is 28.8 Å². The lowest BCUT2D eigenvalue weighted by molar-refractivity contribution is -0.387. The van der Waals surface area contributed by atoms with Crippen LogP contribution in [0.25, 0.3) is 0 Å². The van der Waals surface area contributed by atoms with Crippen LogP contribution in [-0.2, 0) is 9.59 Å². The molecule has 1 N–H and O–H groups in total. The smallest absolute Gasteiger partial charge is 0.306 e. The van der Waals surface area contributed by atoms with Crippen LogP contribution in [0.15, 0.2) is 42.5 Å². The highest BCUT2D eigenvalue weighted by molar-refractivity contribution is 6.03. The minimum absolute atomic E-state index is 0.0446. The molecule has 0 unspecified atom stereocenters. The Labute approximate surface area is 148 Å². The number of aryl methyl sites for hydroxylation is 1. The molecule has 7 nitrogen and oxygen atoms in total. The van der Waals surface area contributed by atoms with Gasteiger partial charge in [0, 0.05) is 30.4 Å². The van der Waals surface area contributed by atoms with Gasteiger partial charge in [-0.25, -0.2) is 0 Å². The van der Waals surface area contributed by atoms with Crippen molar-refractivity contribution in [2.45, 2.75) is 13.3 Å². The van der Waals surface area contributed by atoms with Gasteiger partial charge in [0.1, 0.15) is 0 Å². The summed E-state index contributed by atoms with van der Waals surface area (Å²) in [7, 11) is 0. The van der Waals surface area contributed by atoms with Crippen LogP contribution in [0.2, 0.25) is 0 Å². The first-order chi connectivity index (χ1) is 12.3. The highest BCUT2D eigenvalue weighted by Crippen LogP contribution is 2.27. The van der Waals surface area contributed by atoms with Crippen molar-refractivity contribution in [3.05, 3.63) is 64.0 Å². The van der Waals surface area contributed by atoms with Gasteiger partial charge in [0.15, 0.2) is 0 Å². The summed E-state index contributed by atoms with van der Waals surface area (Å²) in [5.74, 6) is -2.17. The number of carbonyl (C=O) groups is 2. The molecule has 2 aromatic rings. The molecular weight excluding hydrogens is 341 g/mol. The van der Waals surface area contributed by atoms with E-state index in [1.54, 1.807) is 0 Å². The maximum absolute atomic E-state index is 13.4. The molecule has 1 atom stereocenters. The van der Waals surface area contributed by atoms with Crippen LogP contribution in [0.3, 0.4) is 0 Å². The average Bonchev–Trinajstić information content (AvgIpc) is 2.99. The van der Waals surface area contributed by atoms with Crippen molar-refractivity contribution in [2.75, 3.05) is 16.8 Å². The first-order valence-electron chi connectivity index (χ1n) is 7.97. The monoisotopic (exact) mass is 357 g/mol. The van der Waals surface area contributed by atoms with Crippen molar-refractivity contribution in [3.63, 3.8) is 0 Å². The Morgan fingerprint density at radius 1 is 1.27 bits per heavy atom. The second-order valence-electron chi connectivity index (χ2n) is 6.15. The molecule has 8 heteroatoms. The zero-order valence-corrected chi connectivity index (χ0v) is 13.9. The van der Waals surface area contributed by atoms with Crippen LogP contribution < -0.4 is 10.2 Å². The van der Waals surface area contributed by atoms with E-state index in [4.69, 9.17) is 0 Å². The number of amides is 2. The number of nitro groups is 1. The fourth-order valence-electron chi connectivity index (χ4n) is 2.83. The standard InChI is InChI=1S/C18H16FN3O4/c1-11-2-5-14(6-3-11)21-10-12(8-17(21)23)18(24)20-13-4-7-15(19)16(9-13)22(25)26/h2-7,9,12H,8,10H2,1H3,(H,20,24)/t12-/m0/s1. The molecule has 134 valence electrons. The number of benzene rings is 2. The number of hydrogen-bond acceptors (Lipinski definition) is 4. The largest absolute Gasteiger partial charge is 0.326 e. The summed E-state index contributed by atoms with van der Waals surface area (Å²) < 4.78 is 13.4. The summed E-state index contributed by atoms with van der Waals surface area (Å²) >= 11 is 0. The number of nitro benzene ring substituents is 1. The third-order valence-electron chi connectivity index (χ3n) is 4.25. The average molecular weight is 357 g/mol. The molecule has 0 aliphatic carbocycles. The lowest BCUT2D eigenvalue weighted by atomic mass is 10.1. The third kappa shape index (κ3) is 3.53. The molecule has 0 radical (unpaired) electrons. The first-order valence-corrected chi connectivity index (χ1v) is 7.97. The molecule has 0 saturated carbocycles. The molecule has 1 heterocycles. The molecule has 26 heavy (non-hydrogen) atoms. The molecule has 1 fully saturated rings. The number of halogens is 1. The van der Waals surface area contributed by atoms with Crippen LogP contribution in [0.5, 0.6) is 0 Å². The molecule has 1 aliphatic rings. The maximum atomic E-state index is 13.4. The van der Waals surface area contributed by atoms with Gasteiger partial charge in [0.2, 0.25) is 17.6 Å². The van der Waals surface area contributed by atoms with Crippen LogP contribution in [0.1, 0.15) is 12.0 Å². The Balaban J connectivity index is 1.71. The van der Waals surface area contributed by atoms with E-state index in [9.17, 15) is 24.1 Å². The maximum Gasteiger partial charge on any atom is 0.306 e. The van der Waals surface area contributed by atoms with Gasteiger partial charge in [-0.05, 0) is 31.2 Å². The minimum atomic E-state index is -0.977. The molecular formula is C18H16FN3O4. The summed E-state index contributed by atoms with van der Waals surface area (Å²) in [5.41, 5.74) is 1.18. The zero-order chi connectivity index (χ0) is 18.8. The highest BCUT2D eigenvalue weighted by Gasteiger charge is 2.35. The molecule has 0 aromatic heterocycles. The first kappa shape index (κ1) is 17.5. The predicted molar refractivity (Wildman–Crippen MR) is 93.3 cm³/mol. The number of rotatable bonds is 4. The predicted octanol–water partition coefficient (Wildman–Crippen LogP) is 3.03. The van der Waals surface area contributed by atoms with Gasteiger partial charge in [0.25, 0.3) is 0 Å². The van der Waals surface area contributed by atoms with Gasteiger partial charge in [-0.1, -0.05) is 17.7 Å². The Morgan fingerprint density at radius 2 is 1.96 bits per heavy atom.